The molecule has 1 aromatic heterocycles. The summed E-state index contributed by atoms with van der Waals surface area (Å²) in [7, 11) is 5.90. The number of rotatable bonds is 3. The number of anilines is 1. The van der Waals surface area contributed by atoms with Crippen molar-refractivity contribution in [2.45, 2.75) is 6.54 Å². The maximum atomic E-state index is 4.43. The zero-order valence-corrected chi connectivity index (χ0v) is 7.83. The Morgan fingerprint density at radius 1 is 1.42 bits per heavy atom. The summed E-state index contributed by atoms with van der Waals surface area (Å²) < 4.78 is 0. The first kappa shape index (κ1) is 9.00. The van der Waals surface area contributed by atoms with Crippen LogP contribution in [0.5, 0.6) is 0 Å². The molecule has 0 unspecified atom stereocenters. The van der Waals surface area contributed by atoms with Gasteiger partial charge in [0.15, 0.2) is 0 Å². The Bertz CT molecular complexity index is 245. The molecule has 0 saturated carbocycles. The second kappa shape index (κ2) is 4.07. The summed E-state index contributed by atoms with van der Waals surface area (Å²) in [5, 5.41) is 3.07. The first-order chi connectivity index (χ1) is 5.74. The average molecular weight is 165 g/mol. The smallest absolute Gasteiger partial charge is 0.128 e. The van der Waals surface area contributed by atoms with Gasteiger partial charge in [0.1, 0.15) is 5.82 Å². The van der Waals surface area contributed by atoms with Crippen molar-refractivity contribution < 1.29 is 0 Å². The number of hydrogen-bond acceptors (Lipinski definition) is 3. The largest absolute Gasteiger partial charge is 0.363 e. The molecule has 1 heterocycles. The van der Waals surface area contributed by atoms with Crippen LogP contribution in [0.3, 0.4) is 0 Å². The molecule has 0 aromatic carbocycles. The highest BCUT2D eigenvalue weighted by atomic mass is 15.1. The van der Waals surface area contributed by atoms with E-state index in [4.69, 9.17) is 0 Å². The lowest BCUT2D eigenvalue weighted by Crippen LogP contribution is -2.13. The Morgan fingerprint density at radius 3 is 2.75 bits per heavy atom. The van der Waals surface area contributed by atoms with Crippen LogP contribution in [0.2, 0.25) is 0 Å². The molecular formula is C9H15N3. The second-order valence-electron chi connectivity index (χ2n) is 2.91. The van der Waals surface area contributed by atoms with Crippen LogP contribution in [0.15, 0.2) is 18.2 Å². The lowest BCUT2D eigenvalue weighted by molar-refractivity contribution is 0.789. The van der Waals surface area contributed by atoms with Crippen LogP contribution in [0.4, 0.5) is 5.82 Å². The maximum absolute atomic E-state index is 4.43. The van der Waals surface area contributed by atoms with Crippen molar-refractivity contribution in [1.82, 2.24) is 10.3 Å². The molecule has 0 bridgehead atoms. The van der Waals surface area contributed by atoms with Crippen molar-refractivity contribution in [3.8, 4) is 0 Å². The molecule has 0 aliphatic rings. The number of nitrogens with one attached hydrogen (secondary N) is 1. The van der Waals surface area contributed by atoms with Crippen LogP contribution < -0.4 is 10.2 Å². The first-order valence-electron chi connectivity index (χ1n) is 4.02. The van der Waals surface area contributed by atoms with Crippen molar-refractivity contribution in [1.29, 1.82) is 0 Å². The van der Waals surface area contributed by atoms with E-state index in [-0.39, 0.29) is 0 Å². The summed E-state index contributed by atoms with van der Waals surface area (Å²) >= 11 is 0. The third kappa shape index (κ3) is 2.20. The lowest BCUT2D eigenvalue weighted by atomic mass is 10.3. The minimum absolute atomic E-state index is 0.821. The molecule has 0 saturated heterocycles. The van der Waals surface area contributed by atoms with Gasteiger partial charge in [-0.25, -0.2) is 4.98 Å². The molecule has 12 heavy (non-hydrogen) atoms. The van der Waals surface area contributed by atoms with Gasteiger partial charge in [-0.3, -0.25) is 0 Å². The second-order valence-corrected chi connectivity index (χ2v) is 2.91. The van der Waals surface area contributed by atoms with E-state index in [0.717, 1.165) is 18.1 Å². The monoisotopic (exact) mass is 165 g/mol. The highest BCUT2D eigenvalue weighted by molar-refractivity contribution is 5.36. The van der Waals surface area contributed by atoms with Crippen LogP contribution in [-0.4, -0.2) is 26.1 Å². The summed E-state index contributed by atoms with van der Waals surface area (Å²) in [6, 6.07) is 6.04. The maximum Gasteiger partial charge on any atom is 0.128 e. The van der Waals surface area contributed by atoms with Gasteiger partial charge in [-0.15, -0.1) is 0 Å². The molecule has 0 fully saturated rings. The van der Waals surface area contributed by atoms with Crippen LogP contribution in [0.1, 0.15) is 5.69 Å². The summed E-state index contributed by atoms with van der Waals surface area (Å²) in [5.74, 6) is 1.00. The molecule has 0 aliphatic heterocycles. The normalized spacial score (nSPS) is 9.92. The first-order valence-corrected chi connectivity index (χ1v) is 4.02. The van der Waals surface area contributed by atoms with Crippen molar-refractivity contribution in [2.24, 2.45) is 0 Å². The van der Waals surface area contributed by atoms with Gasteiger partial charge in [-0.2, -0.15) is 0 Å². The minimum atomic E-state index is 0.821. The topological polar surface area (TPSA) is 28.2 Å². The molecule has 3 heteroatoms. The Kier molecular flexibility index (Phi) is 3.05. The quantitative estimate of drug-likeness (QED) is 0.720. The standard InChI is InChI=1S/C9H15N3/c1-10-7-8-5-4-6-9(11-8)12(2)3/h4-6,10H,7H2,1-3H3. The van der Waals surface area contributed by atoms with Crippen molar-refractivity contribution in [2.75, 3.05) is 26.0 Å². The summed E-state index contributed by atoms with van der Waals surface area (Å²) in [6.07, 6.45) is 0. The van der Waals surface area contributed by atoms with Crippen molar-refractivity contribution in [3.05, 3.63) is 23.9 Å². The molecule has 1 N–H and O–H groups in total. The van der Waals surface area contributed by atoms with Crippen LogP contribution >= 0.6 is 0 Å². The van der Waals surface area contributed by atoms with Crippen LogP contribution in [0.25, 0.3) is 0 Å². The van der Waals surface area contributed by atoms with Gasteiger partial charge in [-0.05, 0) is 19.2 Å². The SMILES string of the molecule is CNCc1cccc(N(C)C)n1. The number of pyridine rings is 1. The molecule has 0 amide bonds. The Morgan fingerprint density at radius 2 is 2.17 bits per heavy atom. The van der Waals surface area contributed by atoms with E-state index < -0.39 is 0 Å². The van der Waals surface area contributed by atoms with Crippen LogP contribution in [0, 0.1) is 0 Å². The van der Waals surface area contributed by atoms with Gasteiger partial charge in [0, 0.05) is 20.6 Å². The predicted octanol–water partition coefficient (Wildman–Crippen LogP) is 0.867. The van der Waals surface area contributed by atoms with E-state index in [1.54, 1.807) is 0 Å². The molecule has 0 radical (unpaired) electrons. The van der Waals surface area contributed by atoms with E-state index in [9.17, 15) is 0 Å². The van der Waals surface area contributed by atoms with Gasteiger partial charge < -0.3 is 10.2 Å². The van der Waals surface area contributed by atoms with E-state index in [1.165, 1.54) is 0 Å². The fourth-order valence-electron chi connectivity index (χ4n) is 0.996. The van der Waals surface area contributed by atoms with Crippen molar-refractivity contribution in [3.63, 3.8) is 0 Å². The lowest BCUT2D eigenvalue weighted by Gasteiger charge is -2.11. The van der Waals surface area contributed by atoms with Crippen LogP contribution in [-0.2, 0) is 6.54 Å². The highest BCUT2D eigenvalue weighted by Crippen LogP contribution is 2.06. The molecule has 0 aliphatic carbocycles. The minimum Gasteiger partial charge on any atom is -0.363 e. The summed E-state index contributed by atoms with van der Waals surface area (Å²) in [6.45, 7) is 0.821. The van der Waals surface area contributed by atoms with Gasteiger partial charge in [0.05, 0.1) is 5.69 Å². The molecule has 1 aromatic rings. The zero-order valence-electron chi connectivity index (χ0n) is 7.83. The molecule has 66 valence electrons. The third-order valence-electron chi connectivity index (χ3n) is 1.61. The summed E-state index contributed by atoms with van der Waals surface area (Å²) in [4.78, 5) is 6.42. The molecule has 0 spiro atoms. The Hall–Kier alpha value is -1.09. The number of nitrogens with zero attached hydrogens (tertiary/aromatic N) is 2. The van der Waals surface area contributed by atoms with Gasteiger partial charge in [-0.1, -0.05) is 6.07 Å². The van der Waals surface area contributed by atoms with E-state index in [2.05, 4.69) is 10.3 Å². The van der Waals surface area contributed by atoms with E-state index in [1.807, 2.05) is 44.2 Å². The fraction of sp³-hybridized carbons (Fsp3) is 0.444. The zero-order chi connectivity index (χ0) is 8.97. The summed E-state index contributed by atoms with van der Waals surface area (Å²) in [5.41, 5.74) is 1.07. The number of hydrogen-bond donors (Lipinski definition) is 1. The third-order valence-corrected chi connectivity index (χ3v) is 1.61. The Balaban J connectivity index is 2.81. The van der Waals surface area contributed by atoms with Crippen molar-refractivity contribution >= 4 is 5.82 Å². The van der Waals surface area contributed by atoms with E-state index >= 15 is 0 Å². The highest BCUT2D eigenvalue weighted by Gasteiger charge is 1.97. The molecule has 3 nitrogen and oxygen atoms in total. The number of aromatic nitrogens is 1. The molecule has 1 rings (SSSR count). The molecular weight excluding hydrogens is 150 g/mol. The average Bonchev–Trinajstić information content (AvgIpc) is 2.05. The van der Waals surface area contributed by atoms with Gasteiger partial charge in [0.2, 0.25) is 0 Å². The Labute approximate surface area is 73.4 Å². The van der Waals surface area contributed by atoms with Gasteiger partial charge >= 0.3 is 0 Å². The predicted molar refractivity (Wildman–Crippen MR) is 51.3 cm³/mol. The molecule has 0 atom stereocenters. The van der Waals surface area contributed by atoms with E-state index in [0.29, 0.717) is 0 Å². The van der Waals surface area contributed by atoms with Gasteiger partial charge in [0.25, 0.3) is 0 Å². The fourth-order valence-corrected chi connectivity index (χ4v) is 0.996.